The maximum atomic E-state index is 12.2. The number of nitrogens with zero attached hydrogens (tertiary/aromatic N) is 1. The Balaban J connectivity index is 4.02. The van der Waals surface area contributed by atoms with Crippen molar-refractivity contribution in [2.75, 3.05) is 33.3 Å². The Hall–Kier alpha value is -0.330. The zero-order chi connectivity index (χ0) is 12.6. The van der Waals surface area contributed by atoms with Gasteiger partial charge in [-0.15, -0.1) is 0 Å². The smallest absolute Gasteiger partial charge is 0.380 e. The van der Waals surface area contributed by atoms with E-state index in [0.29, 0.717) is 32.5 Å². The molecule has 0 rings (SSSR count). The van der Waals surface area contributed by atoms with Crippen LogP contribution < -0.4 is 5.73 Å². The van der Waals surface area contributed by atoms with Gasteiger partial charge in [0.25, 0.3) is 0 Å². The Kier molecular flexibility index (Phi) is 7.70. The van der Waals surface area contributed by atoms with Crippen molar-refractivity contribution >= 4 is 0 Å². The largest absolute Gasteiger partial charge is 0.401 e. The molecule has 1 unspecified atom stereocenters. The van der Waals surface area contributed by atoms with Gasteiger partial charge in [-0.25, -0.2) is 0 Å². The van der Waals surface area contributed by atoms with Crippen LogP contribution in [0.3, 0.4) is 0 Å². The molecule has 0 saturated carbocycles. The summed E-state index contributed by atoms with van der Waals surface area (Å²) >= 11 is 0. The fourth-order valence-electron chi connectivity index (χ4n) is 1.50. The number of rotatable bonds is 8. The molecule has 0 heterocycles. The second-order valence-corrected chi connectivity index (χ2v) is 3.77. The van der Waals surface area contributed by atoms with Gasteiger partial charge >= 0.3 is 6.18 Å². The van der Waals surface area contributed by atoms with E-state index in [1.54, 1.807) is 0 Å². The van der Waals surface area contributed by atoms with Crippen LogP contribution in [0.5, 0.6) is 0 Å². The number of hydrogen-bond donors (Lipinski definition) is 1. The first-order valence-corrected chi connectivity index (χ1v) is 5.44. The zero-order valence-electron chi connectivity index (χ0n) is 9.89. The molecule has 0 fully saturated rings. The maximum Gasteiger partial charge on any atom is 0.401 e. The topological polar surface area (TPSA) is 38.5 Å². The molecule has 0 bridgehead atoms. The number of hydrogen-bond acceptors (Lipinski definition) is 3. The van der Waals surface area contributed by atoms with Crippen molar-refractivity contribution in [1.82, 2.24) is 4.90 Å². The lowest BCUT2D eigenvalue weighted by molar-refractivity contribution is -0.146. The summed E-state index contributed by atoms with van der Waals surface area (Å²) in [6.45, 7) is 2.15. The van der Waals surface area contributed by atoms with Gasteiger partial charge in [-0.1, -0.05) is 6.92 Å². The van der Waals surface area contributed by atoms with Gasteiger partial charge in [0, 0.05) is 20.2 Å². The number of ether oxygens (including phenoxy) is 1. The van der Waals surface area contributed by atoms with Gasteiger partial charge < -0.3 is 10.5 Å². The van der Waals surface area contributed by atoms with Crippen LogP contribution in [-0.2, 0) is 4.74 Å². The molecule has 0 aromatic rings. The SMILES string of the molecule is CCCN(CCC(CN)OC)CC(F)(F)F. The average Bonchev–Trinajstić information content (AvgIpc) is 2.17. The van der Waals surface area contributed by atoms with E-state index in [4.69, 9.17) is 10.5 Å². The van der Waals surface area contributed by atoms with Gasteiger partial charge in [-0.2, -0.15) is 13.2 Å². The Bertz CT molecular complexity index is 172. The van der Waals surface area contributed by atoms with Crippen LogP contribution >= 0.6 is 0 Å². The highest BCUT2D eigenvalue weighted by Gasteiger charge is 2.30. The van der Waals surface area contributed by atoms with Crippen molar-refractivity contribution in [3.8, 4) is 0 Å². The molecule has 0 radical (unpaired) electrons. The van der Waals surface area contributed by atoms with Crippen molar-refractivity contribution in [2.24, 2.45) is 5.73 Å². The van der Waals surface area contributed by atoms with E-state index in [1.165, 1.54) is 12.0 Å². The number of alkyl halides is 3. The van der Waals surface area contributed by atoms with E-state index in [0.717, 1.165) is 0 Å². The first kappa shape index (κ1) is 15.7. The van der Waals surface area contributed by atoms with Crippen molar-refractivity contribution in [2.45, 2.75) is 32.0 Å². The standard InChI is InChI=1S/C10H21F3N2O/c1-3-5-15(8-10(11,12)13)6-4-9(7-14)16-2/h9H,3-8,14H2,1-2H3. The van der Waals surface area contributed by atoms with E-state index in [-0.39, 0.29) is 6.10 Å². The first-order chi connectivity index (χ1) is 7.42. The van der Waals surface area contributed by atoms with E-state index < -0.39 is 12.7 Å². The van der Waals surface area contributed by atoms with E-state index >= 15 is 0 Å². The van der Waals surface area contributed by atoms with Crippen LogP contribution in [0, 0.1) is 0 Å². The molecule has 0 aliphatic carbocycles. The van der Waals surface area contributed by atoms with Crippen LogP contribution in [0.2, 0.25) is 0 Å². The average molecular weight is 242 g/mol. The van der Waals surface area contributed by atoms with Crippen molar-refractivity contribution in [3.63, 3.8) is 0 Å². The van der Waals surface area contributed by atoms with Gasteiger partial charge in [0.1, 0.15) is 0 Å². The summed E-state index contributed by atoms with van der Waals surface area (Å²) in [5.41, 5.74) is 5.40. The third kappa shape index (κ3) is 7.90. The minimum absolute atomic E-state index is 0.160. The minimum Gasteiger partial charge on any atom is -0.380 e. The van der Waals surface area contributed by atoms with Crippen LogP contribution in [0.15, 0.2) is 0 Å². The molecule has 0 spiro atoms. The number of halogens is 3. The fourth-order valence-corrected chi connectivity index (χ4v) is 1.50. The van der Waals surface area contributed by atoms with Gasteiger partial charge in [0.15, 0.2) is 0 Å². The molecule has 98 valence electrons. The fraction of sp³-hybridized carbons (Fsp3) is 1.00. The van der Waals surface area contributed by atoms with E-state index in [2.05, 4.69) is 0 Å². The van der Waals surface area contributed by atoms with Gasteiger partial charge in [-0.05, 0) is 19.4 Å². The summed E-state index contributed by atoms with van der Waals surface area (Å²) in [6, 6.07) is 0. The summed E-state index contributed by atoms with van der Waals surface area (Å²) in [6.07, 6.45) is -3.06. The van der Waals surface area contributed by atoms with Crippen molar-refractivity contribution in [3.05, 3.63) is 0 Å². The summed E-state index contributed by atoms with van der Waals surface area (Å²) in [4.78, 5) is 1.39. The quantitative estimate of drug-likeness (QED) is 0.703. The first-order valence-electron chi connectivity index (χ1n) is 5.44. The molecule has 6 heteroatoms. The monoisotopic (exact) mass is 242 g/mol. The lowest BCUT2D eigenvalue weighted by atomic mass is 10.2. The minimum atomic E-state index is -4.14. The summed E-state index contributed by atoms with van der Waals surface area (Å²) in [7, 11) is 1.52. The predicted molar refractivity (Wildman–Crippen MR) is 57.3 cm³/mol. The van der Waals surface area contributed by atoms with Crippen LogP contribution in [0.1, 0.15) is 19.8 Å². The lowest BCUT2D eigenvalue weighted by Gasteiger charge is -2.24. The van der Waals surface area contributed by atoms with E-state index in [1.807, 2.05) is 6.92 Å². The summed E-state index contributed by atoms with van der Waals surface area (Å²) < 4.78 is 41.7. The predicted octanol–water partition coefficient (Wildman–Crippen LogP) is 1.62. The van der Waals surface area contributed by atoms with Crippen LogP contribution in [0.4, 0.5) is 13.2 Å². The van der Waals surface area contributed by atoms with Crippen LogP contribution in [0.25, 0.3) is 0 Å². The summed E-state index contributed by atoms with van der Waals surface area (Å²) in [5, 5.41) is 0. The molecule has 0 amide bonds. The molecule has 3 nitrogen and oxygen atoms in total. The van der Waals surface area contributed by atoms with Crippen LogP contribution in [-0.4, -0.2) is 50.5 Å². The molecule has 16 heavy (non-hydrogen) atoms. The Labute approximate surface area is 94.7 Å². The number of nitrogens with two attached hydrogens (primary N) is 1. The molecule has 0 saturated heterocycles. The molecule has 1 atom stereocenters. The molecule has 0 aliphatic rings. The molecule has 0 aromatic heterocycles. The van der Waals surface area contributed by atoms with Crippen molar-refractivity contribution in [1.29, 1.82) is 0 Å². The second-order valence-electron chi connectivity index (χ2n) is 3.77. The third-order valence-electron chi connectivity index (χ3n) is 2.31. The summed E-state index contributed by atoms with van der Waals surface area (Å²) in [5.74, 6) is 0. The molecule has 0 aromatic carbocycles. The van der Waals surface area contributed by atoms with Gasteiger partial charge in [0.05, 0.1) is 12.6 Å². The lowest BCUT2D eigenvalue weighted by Crippen LogP contribution is -2.37. The highest BCUT2D eigenvalue weighted by molar-refractivity contribution is 4.67. The normalized spacial score (nSPS) is 14.4. The van der Waals surface area contributed by atoms with Gasteiger partial charge in [-0.3, -0.25) is 4.90 Å². The molecular formula is C10H21F3N2O. The molecule has 2 N–H and O–H groups in total. The molecular weight excluding hydrogens is 221 g/mol. The highest BCUT2D eigenvalue weighted by atomic mass is 19.4. The zero-order valence-corrected chi connectivity index (χ0v) is 9.89. The van der Waals surface area contributed by atoms with Gasteiger partial charge in [0.2, 0.25) is 0 Å². The number of methoxy groups -OCH3 is 1. The van der Waals surface area contributed by atoms with E-state index in [9.17, 15) is 13.2 Å². The Morgan fingerprint density at radius 3 is 2.31 bits per heavy atom. The second kappa shape index (κ2) is 7.86. The third-order valence-corrected chi connectivity index (χ3v) is 2.31. The Morgan fingerprint density at radius 1 is 1.31 bits per heavy atom. The van der Waals surface area contributed by atoms with Crippen molar-refractivity contribution < 1.29 is 17.9 Å². The molecule has 0 aliphatic heterocycles. The maximum absolute atomic E-state index is 12.2. The Morgan fingerprint density at radius 2 is 1.94 bits per heavy atom. The highest BCUT2D eigenvalue weighted by Crippen LogP contribution is 2.17.